The molecule has 0 unspecified atom stereocenters. The van der Waals surface area contributed by atoms with Crippen molar-refractivity contribution in [1.29, 1.82) is 0 Å². The quantitative estimate of drug-likeness (QED) is 0.242. The Labute approximate surface area is 164 Å². The lowest BCUT2D eigenvalue weighted by atomic mass is 9.76. The molecule has 2 fully saturated rings. The van der Waals surface area contributed by atoms with E-state index in [1.165, 1.54) is 38.1 Å². The predicted molar refractivity (Wildman–Crippen MR) is 93.6 cm³/mol. The molecule has 0 saturated carbocycles. The second-order valence-corrected chi connectivity index (χ2v) is 7.37. The van der Waals surface area contributed by atoms with Gasteiger partial charge in [-0.25, -0.2) is 9.59 Å². The van der Waals surface area contributed by atoms with E-state index in [1.807, 2.05) is 0 Å². The average Bonchev–Trinajstić information content (AvgIpc) is 2.92. The number of ketones is 1. The molecule has 1 aromatic rings. The van der Waals surface area contributed by atoms with Gasteiger partial charge < -0.3 is 19.5 Å². The van der Waals surface area contributed by atoms with E-state index < -0.39 is 52.3 Å². The molecule has 0 aliphatic carbocycles. The lowest BCUT2D eigenvalue weighted by Crippen LogP contribution is -2.68. The normalized spacial score (nSPS) is 23.2. The zero-order valence-corrected chi connectivity index (χ0v) is 15.6. The van der Waals surface area contributed by atoms with Crippen molar-refractivity contribution >= 4 is 29.5 Å². The second kappa shape index (κ2) is 7.15. The molecule has 0 bridgehead atoms. The van der Waals surface area contributed by atoms with Crippen molar-refractivity contribution in [3.63, 3.8) is 0 Å². The van der Waals surface area contributed by atoms with Crippen LogP contribution in [0.25, 0.3) is 0 Å². The molecule has 11 nitrogen and oxygen atoms in total. The van der Waals surface area contributed by atoms with Gasteiger partial charge in [0.2, 0.25) is 5.91 Å². The predicted octanol–water partition coefficient (Wildman–Crippen LogP) is 1.28. The van der Waals surface area contributed by atoms with E-state index in [-0.39, 0.29) is 18.7 Å². The van der Waals surface area contributed by atoms with E-state index in [9.17, 15) is 29.3 Å². The van der Waals surface area contributed by atoms with Gasteiger partial charge >= 0.3 is 12.1 Å². The van der Waals surface area contributed by atoms with Crippen molar-refractivity contribution in [3.05, 3.63) is 39.9 Å². The molecule has 0 radical (unpaired) electrons. The van der Waals surface area contributed by atoms with Gasteiger partial charge in [0.25, 0.3) is 5.69 Å². The van der Waals surface area contributed by atoms with E-state index in [4.69, 9.17) is 14.6 Å². The number of carboxylic acids is 1. The zero-order valence-electron chi connectivity index (χ0n) is 15.6. The standard InChI is InChI=1S/C18H18N2O9/c1-18(2,13-11-7-12(21)14(16(23)24)19(11)15(13)22)29-17(25)28-8-9-3-5-10(6-4-9)20(26)27/h3-6,11,13-14H,7-8H2,1-2H3,(H,23,24)/t11-,13-,14-/m1/s1. The van der Waals surface area contributed by atoms with Crippen LogP contribution in [-0.2, 0) is 30.5 Å². The highest BCUT2D eigenvalue weighted by Crippen LogP contribution is 2.44. The summed E-state index contributed by atoms with van der Waals surface area (Å²) >= 11 is 0. The van der Waals surface area contributed by atoms with Crippen molar-refractivity contribution in [2.45, 2.75) is 44.6 Å². The van der Waals surface area contributed by atoms with E-state index in [1.54, 1.807) is 0 Å². The minimum Gasteiger partial charge on any atom is -0.479 e. The summed E-state index contributed by atoms with van der Waals surface area (Å²) in [5, 5.41) is 19.8. The summed E-state index contributed by atoms with van der Waals surface area (Å²) < 4.78 is 10.3. The topological polar surface area (TPSA) is 153 Å². The van der Waals surface area contributed by atoms with Crippen LogP contribution in [0.1, 0.15) is 25.8 Å². The van der Waals surface area contributed by atoms with Gasteiger partial charge in [0.15, 0.2) is 11.8 Å². The number of nitro groups is 1. The Hall–Kier alpha value is -3.50. The van der Waals surface area contributed by atoms with Gasteiger partial charge in [-0.2, -0.15) is 0 Å². The molecule has 3 atom stereocenters. The molecule has 2 aliphatic heterocycles. The molecule has 1 aromatic carbocycles. The number of nitrogens with zero attached hydrogens (tertiary/aromatic N) is 2. The zero-order chi connectivity index (χ0) is 21.5. The van der Waals surface area contributed by atoms with Crippen molar-refractivity contribution < 1.29 is 38.7 Å². The van der Waals surface area contributed by atoms with Crippen LogP contribution >= 0.6 is 0 Å². The highest BCUT2D eigenvalue weighted by Gasteiger charge is 2.64. The van der Waals surface area contributed by atoms with Gasteiger partial charge in [-0.05, 0) is 31.5 Å². The largest absolute Gasteiger partial charge is 0.509 e. The molecule has 1 amide bonds. The van der Waals surface area contributed by atoms with Crippen LogP contribution in [0.4, 0.5) is 10.5 Å². The number of nitro benzene ring substituents is 1. The summed E-state index contributed by atoms with van der Waals surface area (Å²) in [6, 6.07) is 3.26. The molecule has 3 rings (SSSR count). The fraction of sp³-hybridized carbons (Fsp3) is 0.444. The second-order valence-electron chi connectivity index (χ2n) is 7.37. The maximum absolute atomic E-state index is 12.4. The van der Waals surface area contributed by atoms with Crippen LogP contribution in [0.15, 0.2) is 24.3 Å². The average molecular weight is 406 g/mol. The molecular formula is C18H18N2O9. The summed E-state index contributed by atoms with van der Waals surface area (Å²) in [5.74, 6) is -3.37. The Bertz CT molecular complexity index is 893. The van der Waals surface area contributed by atoms with Gasteiger partial charge in [0, 0.05) is 18.6 Å². The minimum absolute atomic E-state index is 0.101. The smallest absolute Gasteiger partial charge is 0.479 e. The van der Waals surface area contributed by atoms with Crippen molar-refractivity contribution in [2.24, 2.45) is 5.92 Å². The van der Waals surface area contributed by atoms with Crippen LogP contribution in [-0.4, -0.2) is 56.4 Å². The molecule has 2 saturated heterocycles. The van der Waals surface area contributed by atoms with Crippen molar-refractivity contribution in [2.75, 3.05) is 0 Å². The molecule has 0 aromatic heterocycles. The molecule has 1 N–H and O–H groups in total. The van der Waals surface area contributed by atoms with Crippen LogP contribution in [0, 0.1) is 16.0 Å². The van der Waals surface area contributed by atoms with E-state index in [2.05, 4.69) is 0 Å². The number of rotatable bonds is 6. The minimum atomic E-state index is -1.49. The highest BCUT2D eigenvalue weighted by atomic mass is 16.7. The number of amides is 1. The number of benzene rings is 1. The Morgan fingerprint density at radius 2 is 1.90 bits per heavy atom. The summed E-state index contributed by atoms with van der Waals surface area (Å²) in [7, 11) is 0. The molecule has 154 valence electrons. The van der Waals surface area contributed by atoms with E-state index in [0.717, 1.165) is 4.90 Å². The number of fused-ring (bicyclic) bond motifs is 1. The summed E-state index contributed by atoms with van der Waals surface area (Å²) in [5.41, 5.74) is -0.920. The van der Waals surface area contributed by atoms with Gasteiger partial charge in [0.1, 0.15) is 12.2 Å². The lowest BCUT2D eigenvalue weighted by Gasteiger charge is -2.49. The molecule has 11 heteroatoms. The Morgan fingerprint density at radius 1 is 1.28 bits per heavy atom. The summed E-state index contributed by atoms with van der Waals surface area (Å²) in [4.78, 5) is 58.7. The maximum atomic E-state index is 12.4. The molecule has 2 aliphatic rings. The Morgan fingerprint density at radius 3 is 2.45 bits per heavy atom. The number of carbonyl (C=O) groups is 4. The van der Waals surface area contributed by atoms with Crippen molar-refractivity contribution in [1.82, 2.24) is 4.90 Å². The van der Waals surface area contributed by atoms with Gasteiger partial charge in [-0.1, -0.05) is 0 Å². The third-order valence-electron chi connectivity index (χ3n) is 5.09. The van der Waals surface area contributed by atoms with Crippen LogP contribution in [0.5, 0.6) is 0 Å². The Balaban J connectivity index is 1.59. The van der Waals surface area contributed by atoms with Crippen LogP contribution < -0.4 is 0 Å². The number of hydrogen-bond donors (Lipinski definition) is 1. The van der Waals surface area contributed by atoms with Crippen LogP contribution in [0.3, 0.4) is 0 Å². The number of carbonyl (C=O) groups excluding carboxylic acids is 3. The summed E-state index contributed by atoms with van der Waals surface area (Å²) in [6.07, 6.45) is -1.17. The molecule has 2 heterocycles. The number of β-lactam (4-membered cyclic amide) rings is 1. The number of hydrogen-bond acceptors (Lipinski definition) is 8. The van der Waals surface area contributed by atoms with Gasteiger partial charge in [0.05, 0.1) is 16.9 Å². The number of carboxylic acid groups (broad SMARTS) is 1. The first-order valence-corrected chi connectivity index (χ1v) is 8.69. The number of ether oxygens (including phenoxy) is 2. The number of non-ortho nitro benzene ring substituents is 1. The SMILES string of the molecule is CC(C)(OC(=O)OCc1ccc([N+](=O)[O-])cc1)[C@H]1C(=O)N2[C@@H](C(=O)O)C(=O)C[C@H]12. The fourth-order valence-electron chi connectivity index (χ4n) is 3.76. The third kappa shape index (κ3) is 3.62. The monoisotopic (exact) mass is 406 g/mol. The summed E-state index contributed by atoms with van der Waals surface area (Å²) in [6.45, 7) is 2.78. The maximum Gasteiger partial charge on any atom is 0.509 e. The molecular weight excluding hydrogens is 388 g/mol. The Kier molecular flexibility index (Phi) is 4.99. The number of Topliss-reactive ketones (excluding diaryl/α,β-unsaturated/α-hetero) is 1. The fourth-order valence-corrected chi connectivity index (χ4v) is 3.76. The first kappa shape index (κ1) is 20.2. The highest BCUT2D eigenvalue weighted by molar-refractivity contribution is 6.10. The van der Waals surface area contributed by atoms with Crippen LogP contribution in [0.2, 0.25) is 0 Å². The first-order valence-electron chi connectivity index (χ1n) is 8.69. The van der Waals surface area contributed by atoms with E-state index >= 15 is 0 Å². The van der Waals surface area contributed by atoms with E-state index in [0.29, 0.717) is 5.56 Å². The first-order chi connectivity index (χ1) is 13.5. The third-order valence-corrected chi connectivity index (χ3v) is 5.09. The lowest BCUT2D eigenvalue weighted by molar-refractivity contribution is -0.384. The van der Waals surface area contributed by atoms with Gasteiger partial charge in [-0.3, -0.25) is 19.7 Å². The van der Waals surface area contributed by atoms with Gasteiger partial charge in [-0.15, -0.1) is 0 Å². The molecule has 29 heavy (non-hydrogen) atoms. The van der Waals surface area contributed by atoms with Crippen molar-refractivity contribution in [3.8, 4) is 0 Å². The number of aliphatic carboxylic acids is 1. The molecule has 0 spiro atoms.